The lowest BCUT2D eigenvalue weighted by atomic mass is 9.97. The maximum atomic E-state index is 12.6. The average molecular weight is 366 g/mol. The molecule has 0 aliphatic carbocycles. The minimum absolute atomic E-state index is 0.181. The molecular weight excluding hydrogens is 344 g/mol. The largest absolute Gasteiger partial charge is 0.348 e. The van der Waals surface area contributed by atoms with Crippen LogP contribution < -0.4 is 0 Å². The second kappa shape index (κ2) is 8.11. The van der Waals surface area contributed by atoms with Gasteiger partial charge in [0.05, 0.1) is 0 Å². The van der Waals surface area contributed by atoms with Gasteiger partial charge in [0, 0.05) is 62.2 Å². The zero-order valence-electron chi connectivity index (χ0n) is 15.0. The Hall–Kier alpha value is -3.03. The molecule has 0 radical (unpaired) electrons. The Morgan fingerprint density at radius 3 is 3.00 bits per heavy atom. The van der Waals surface area contributed by atoms with Crippen molar-refractivity contribution in [3.05, 3.63) is 48.6 Å². The van der Waals surface area contributed by atoms with E-state index >= 15 is 0 Å². The second-order valence-electron chi connectivity index (χ2n) is 6.75. The molecule has 0 aromatic carbocycles. The number of amides is 1. The van der Waals surface area contributed by atoms with E-state index in [-0.39, 0.29) is 5.91 Å². The van der Waals surface area contributed by atoms with Crippen LogP contribution >= 0.6 is 0 Å². The van der Waals surface area contributed by atoms with Gasteiger partial charge in [0.15, 0.2) is 0 Å². The number of likely N-dealkylation sites (tertiary alicyclic amines) is 1. The summed E-state index contributed by atoms with van der Waals surface area (Å²) in [5.41, 5.74) is 0.869. The van der Waals surface area contributed by atoms with Gasteiger partial charge in [0.1, 0.15) is 5.82 Å². The Labute approximate surface area is 157 Å². The van der Waals surface area contributed by atoms with E-state index < -0.39 is 0 Å². The SMILES string of the molecule is O=C(CCCc1nc(-c2ccncc2)no1)N1CCCC(c2ncc[nH]2)C1. The van der Waals surface area contributed by atoms with Crippen molar-refractivity contribution in [2.75, 3.05) is 13.1 Å². The highest BCUT2D eigenvalue weighted by molar-refractivity contribution is 5.76. The summed E-state index contributed by atoms with van der Waals surface area (Å²) in [4.78, 5) is 30.4. The fourth-order valence-corrected chi connectivity index (χ4v) is 3.45. The number of carbonyl (C=O) groups is 1. The lowest BCUT2D eigenvalue weighted by Gasteiger charge is -2.32. The molecule has 1 atom stereocenters. The third kappa shape index (κ3) is 4.21. The minimum atomic E-state index is 0.181. The predicted octanol–water partition coefficient (Wildman–Crippen LogP) is 2.58. The molecule has 1 unspecified atom stereocenters. The van der Waals surface area contributed by atoms with Crippen LogP contribution in [0.2, 0.25) is 0 Å². The molecule has 27 heavy (non-hydrogen) atoms. The third-order valence-electron chi connectivity index (χ3n) is 4.87. The smallest absolute Gasteiger partial charge is 0.226 e. The third-order valence-corrected chi connectivity index (χ3v) is 4.87. The molecule has 1 N–H and O–H groups in total. The average Bonchev–Trinajstić information content (AvgIpc) is 3.41. The molecule has 0 saturated carbocycles. The van der Waals surface area contributed by atoms with Crippen LogP contribution in [0, 0.1) is 0 Å². The van der Waals surface area contributed by atoms with Gasteiger partial charge in [-0.25, -0.2) is 4.98 Å². The number of H-pyrrole nitrogens is 1. The standard InChI is InChI=1S/C19H22N6O2/c26-17(25-12-2-3-15(13-25)18-21-10-11-22-18)5-1-4-16-23-19(24-27-16)14-6-8-20-9-7-14/h6-11,15H,1-5,12-13H2,(H,21,22). The molecular formula is C19H22N6O2. The van der Waals surface area contributed by atoms with Crippen molar-refractivity contribution >= 4 is 5.91 Å². The van der Waals surface area contributed by atoms with Gasteiger partial charge in [-0.3, -0.25) is 9.78 Å². The van der Waals surface area contributed by atoms with E-state index in [9.17, 15) is 4.79 Å². The van der Waals surface area contributed by atoms with Crippen LogP contribution in [0.25, 0.3) is 11.4 Å². The summed E-state index contributed by atoms with van der Waals surface area (Å²) in [6.45, 7) is 1.56. The van der Waals surface area contributed by atoms with E-state index in [4.69, 9.17) is 4.52 Å². The van der Waals surface area contributed by atoms with Crippen molar-refractivity contribution in [1.29, 1.82) is 0 Å². The molecule has 0 bridgehead atoms. The van der Waals surface area contributed by atoms with Crippen LogP contribution in [0.4, 0.5) is 0 Å². The molecule has 1 aliphatic heterocycles. The first-order valence-electron chi connectivity index (χ1n) is 9.29. The number of nitrogens with one attached hydrogen (secondary N) is 1. The maximum absolute atomic E-state index is 12.6. The maximum Gasteiger partial charge on any atom is 0.226 e. The van der Waals surface area contributed by atoms with E-state index in [0.717, 1.165) is 37.3 Å². The Morgan fingerprint density at radius 1 is 1.30 bits per heavy atom. The molecule has 1 aliphatic rings. The molecule has 4 heterocycles. The van der Waals surface area contributed by atoms with Crippen molar-refractivity contribution in [2.24, 2.45) is 0 Å². The van der Waals surface area contributed by atoms with Crippen LogP contribution in [0.15, 0.2) is 41.4 Å². The molecule has 1 saturated heterocycles. The van der Waals surface area contributed by atoms with Gasteiger partial charge in [-0.15, -0.1) is 0 Å². The van der Waals surface area contributed by atoms with Gasteiger partial charge < -0.3 is 14.4 Å². The van der Waals surface area contributed by atoms with Crippen LogP contribution in [0.1, 0.15) is 43.3 Å². The molecule has 8 heteroatoms. The highest BCUT2D eigenvalue weighted by Crippen LogP contribution is 2.25. The van der Waals surface area contributed by atoms with Gasteiger partial charge in [-0.2, -0.15) is 4.98 Å². The van der Waals surface area contributed by atoms with Crippen LogP contribution in [0.5, 0.6) is 0 Å². The first-order chi connectivity index (χ1) is 13.3. The van der Waals surface area contributed by atoms with E-state index in [2.05, 4.69) is 25.1 Å². The molecule has 3 aromatic heterocycles. The monoisotopic (exact) mass is 366 g/mol. The highest BCUT2D eigenvalue weighted by Gasteiger charge is 2.25. The molecule has 1 fully saturated rings. The number of aromatic amines is 1. The first kappa shape index (κ1) is 17.4. The van der Waals surface area contributed by atoms with Crippen LogP contribution in [0.3, 0.4) is 0 Å². The summed E-state index contributed by atoms with van der Waals surface area (Å²) in [5.74, 6) is 2.57. The van der Waals surface area contributed by atoms with E-state index in [1.54, 1.807) is 18.6 Å². The molecule has 0 spiro atoms. The lowest BCUT2D eigenvalue weighted by molar-refractivity contribution is -0.132. The summed E-state index contributed by atoms with van der Waals surface area (Å²) in [5, 5.41) is 3.99. The van der Waals surface area contributed by atoms with Gasteiger partial charge in [0.2, 0.25) is 17.6 Å². The topological polar surface area (TPSA) is 101 Å². The predicted molar refractivity (Wildman–Crippen MR) is 97.6 cm³/mol. The number of piperidine rings is 1. The fraction of sp³-hybridized carbons (Fsp3) is 0.421. The van der Waals surface area contributed by atoms with Gasteiger partial charge in [-0.05, 0) is 31.4 Å². The Kier molecular flexibility index (Phi) is 5.22. The van der Waals surface area contributed by atoms with Gasteiger partial charge in [-0.1, -0.05) is 5.16 Å². The number of aryl methyl sites for hydroxylation is 1. The number of rotatable bonds is 6. The summed E-state index contributed by atoms with van der Waals surface area (Å²) in [6, 6.07) is 3.67. The number of pyridine rings is 1. The van der Waals surface area contributed by atoms with Gasteiger partial charge in [0.25, 0.3) is 0 Å². The van der Waals surface area contributed by atoms with Gasteiger partial charge >= 0.3 is 0 Å². The van der Waals surface area contributed by atoms with E-state index in [0.29, 0.717) is 36.9 Å². The van der Waals surface area contributed by atoms with E-state index in [1.165, 1.54) is 0 Å². The minimum Gasteiger partial charge on any atom is -0.348 e. The summed E-state index contributed by atoms with van der Waals surface area (Å²) < 4.78 is 5.29. The number of imidazole rings is 1. The highest BCUT2D eigenvalue weighted by atomic mass is 16.5. The first-order valence-corrected chi connectivity index (χ1v) is 9.29. The van der Waals surface area contributed by atoms with Crippen molar-refractivity contribution in [3.63, 3.8) is 0 Å². The van der Waals surface area contributed by atoms with Crippen molar-refractivity contribution in [3.8, 4) is 11.4 Å². The Balaban J connectivity index is 1.27. The molecule has 8 nitrogen and oxygen atoms in total. The quantitative estimate of drug-likeness (QED) is 0.719. The number of aromatic nitrogens is 5. The number of hydrogen-bond donors (Lipinski definition) is 1. The molecule has 1 amide bonds. The van der Waals surface area contributed by atoms with Crippen LogP contribution in [-0.2, 0) is 11.2 Å². The molecule has 4 rings (SSSR count). The van der Waals surface area contributed by atoms with E-state index in [1.807, 2.05) is 23.2 Å². The number of nitrogens with zero attached hydrogens (tertiary/aromatic N) is 5. The zero-order valence-corrected chi connectivity index (χ0v) is 15.0. The lowest BCUT2D eigenvalue weighted by Crippen LogP contribution is -2.39. The Morgan fingerprint density at radius 2 is 2.19 bits per heavy atom. The number of hydrogen-bond acceptors (Lipinski definition) is 6. The van der Waals surface area contributed by atoms with Crippen molar-refractivity contribution in [1.82, 2.24) is 30.0 Å². The summed E-state index contributed by atoms with van der Waals surface area (Å²) in [6.07, 6.45) is 10.8. The molecule has 140 valence electrons. The Bertz CT molecular complexity index is 861. The number of carbonyl (C=O) groups excluding carboxylic acids is 1. The van der Waals surface area contributed by atoms with Crippen molar-refractivity contribution < 1.29 is 9.32 Å². The van der Waals surface area contributed by atoms with Crippen LogP contribution in [-0.4, -0.2) is 49.0 Å². The summed E-state index contributed by atoms with van der Waals surface area (Å²) in [7, 11) is 0. The fourth-order valence-electron chi connectivity index (χ4n) is 3.45. The molecule has 3 aromatic rings. The zero-order chi connectivity index (χ0) is 18.5. The summed E-state index contributed by atoms with van der Waals surface area (Å²) >= 11 is 0. The normalized spacial score (nSPS) is 17.2. The van der Waals surface area contributed by atoms with Crippen molar-refractivity contribution in [2.45, 2.75) is 38.0 Å². The second-order valence-corrected chi connectivity index (χ2v) is 6.75.